The fourth-order valence-corrected chi connectivity index (χ4v) is 2.55. The van der Waals surface area contributed by atoms with Gasteiger partial charge in [-0.3, -0.25) is 14.6 Å². The molecule has 0 aliphatic rings. The Hall–Kier alpha value is -3.29. The van der Waals surface area contributed by atoms with Gasteiger partial charge in [0.1, 0.15) is 22.9 Å². The van der Waals surface area contributed by atoms with Gasteiger partial charge in [0.05, 0.1) is 24.1 Å². The number of carboxylic acid groups (broad SMARTS) is 1. The molecule has 1 amide bonds. The van der Waals surface area contributed by atoms with E-state index in [1.54, 1.807) is 6.07 Å². The van der Waals surface area contributed by atoms with Gasteiger partial charge in [-0.25, -0.2) is 8.78 Å². The summed E-state index contributed by atoms with van der Waals surface area (Å²) in [5.41, 5.74) is -0.136. The maximum atomic E-state index is 14.0. The van der Waals surface area contributed by atoms with Gasteiger partial charge >= 0.3 is 5.97 Å². The Morgan fingerprint density at radius 3 is 2.60 bits per heavy atom. The van der Waals surface area contributed by atoms with Crippen LogP contribution in [0.3, 0.4) is 0 Å². The van der Waals surface area contributed by atoms with E-state index >= 15 is 0 Å². The summed E-state index contributed by atoms with van der Waals surface area (Å²) >= 11 is 0. The number of hydrogen-bond acceptors (Lipinski definition) is 4. The van der Waals surface area contributed by atoms with Crippen molar-refractivity contribution in [2.45, 2.75) is 12.5 Å². The van der Waals surface area contributed by atoms with Gasteiger partial charge in [0.25, 0.3) is 5.91 Å². The zero-order valence-corrected chi connectivity index (χ0v) is 12.7. The summed E-state index contributed by atoms with van der Waals surface area (Å²) < 4.78 is 33.2. The summed E-state index contributed by atoms with van der Waals surface area (Å²) in [4.78, 5) is 27.5. The van der Waals surface area contributed by atoms with E-state index in [1.165, 1.54) is 18.5 Å². The quantitative estimate of drug-likeness (QED) is 0.741. The molecule has 2 heterocycles. The van der Waals surface area contributed by atoms with Gasteiger partial charge in [-0.05, 0) is 24.3 Å². The molecular formula is C17H12F2N2O4. The fourth-order valence-electron chi connectivity index (χ4n) is 2.55. The third kappa shape index (κ3) is 3.32. The van der Waals surface area contributed by atoms with Crippen molar-refractivity contribution in [2.75, 3.05) is 0 Å². The van der Waals surface area contributed by atoms with Crippen LogP contribution in [0.2, 0.25) is 0 Å². The van der Waals surface area contributed by atoms with Crippen LogP contribution in [0.4, 0.5) is 8.78 Å². The van der Waals surface area contributed by atoms with Gasteiger partial charge in [0.2, 0.25) is 0 Å². The smallest absolute Gasteiger partial charge is 0.305 e. The zero-order valence-electron chi connectivity index (χ0n) is 12.7. The van der Waals surface area contributed by atoms with Gasteiger partial charge in [0, 0.05) is 11.8 Å². The summed E-state index contributed by atoms with van der Waals surface area (Å²) in [7, 11) is 0. The first-order valence-corrected chi connectivity index (χ1v) is 7.26. The number of amides is 1. The van der Waals surface area contributed by atoms with E-state index in [0.29, 0.717) is 11.0 Å². The molecule has 0 saturated carbocycles. The van der Waals surface area contributed by atoms with E-state index < -0.39 is 41.5 Å². The molecule has 3 rings (SSSR count). The molecule has 0 spiro atoms. The molecule has 25 heavy (non-hydrogen) atoms. The average Bonchev–Trinajstić information content (AvgIpc) is 3.02. The number of carbonyl (C=O) groups excluding carboxylic acids is 1. The molecule has 8 heteroatoms. The molecule has 1 atom stereocenters. The molecule has 128 valence electrons. The molecule has 0 aliphatic carbocycles. The standard InChI is InChI=1S/C17H12F2N2O4/c18-10-2-1-3-11(19)15(10)12(8-14(22)23)21-17(24)16-9-5-7-25-13(9)4-6-20-16/h1-7,12H,8H2,(H,21,24)(H,22,23). The molecule has 1 unspecified atom stereocenters. The lowest BCUT2D eigenvalue weighted by Gasteiger charge is -2.18. The zero-order chi connectivity index (χ0) is 18.0. The largest absolute Gasteiger partial charge is 0.481 e. The van der Waals surface area contributed by atoms with Crippen molar-refractivity contribution in [1.29, 1.82) is 0 Å². The molecule has 0 bridgehead atoms. The first kappa shape index (κ1) is 16.6. The summed E-state index contributed by atoms with van der Waals surface area (Å²) in [6.45, 7) is 0. The lowest BCUT2D eigenvalue weighted by atomic mass is 10.0. The Labute approximate surface area is 140 Å². The number of carbonyl (C=O) groups is 2. The van der Waals surface area contributed by atoms with Crippen LogP contribution in [-0.4, -0.2) is 22.0 Å². The number of aliphatic carboxylic acids is 1. The Kier molecular flexibility index (Phi) is 4.42. The highest BCUT2D eigenvalue weighted by atomic mass is 19.1. The number of halogens is 2. The summed E-state index contributed by atoms with van der Waals surface area (Å²) in [5, 5.41) is 11.8. The Balaban J connectivity index is 1.97. The predicted molar refractivity (Wildman–Crippen MR) is 82.8 cm³/mol. The Morgan fingerprint density at radius 1 is 1.20 bits per heavy atom. The number of furan rings is 1. The third-order valence-corrected chi connectivity index (χ3v) is 3.63. The van der Waals surface area contributed by atoms with Gasteiger partial charge in [-0.2, -0.15) is 0 Å². The number of benzene rings is 1. The average molecular weight is 346 g/mol. The normalized spacial score (nSPS) is 12.1. The van der Waals surface area contributed by atoms with E-state index in [2.05, 4.69) is 10.3 Å². The molecular weight excluding hydrogens is 334 g/mol. The maximum absolute atomic E-state index is 14.0. The van der Waals surface area contributed by atoms with Gasteiger partial charge in [-0.15, -0.1) is 0 Å². The minimum atomic E-state index is -1.39. The number of nitrogens with zero attached hydrogens (tertiary/aromatic N) is 1. The first-order chi connectivity index (χ1) is 12.0. The van der Waals surface area contributed by atoms with Gasteiger partial charge in [0.15, 0.2) is 0 Å². The number of fused-ring (bicyclic) bond motifs is 1. The summed E-state index contributed by atoms with van der Waals surface area (Å²) in [6, 6.07) is 4.82. The number of rotatable bonds is 5. The van der Waals surface area contributed by atoms with Crippen LogP contribution in [0.25, 0.3) is 11.0 Å². The molecule has 0 fully saturated rings. The Morgan fingerprint density at radius 2 is 1.92 bits per heavy atom. The number of nitrogens with one attached hydrogen (secondary N) is 1. The predicted octanol–water partition coefficient (Wildman–Crippen LogP) is 3.05. The van der Waals surface area contributed by atoms with Crippen molar-refractivity contribution in [3.05, 3.63) is 65.7 Å². The minimum Gasteiger partial charge on any atom is -0.481 e. The SMILES string of the molecule is O=C(O)CC(NC(=O)c1nccc2occc12)c1c(F)cccc1F. The van der Waals surface area contributed by atoms with Crippen LogP contribution in [-0.2, 0) is 4.79 Å². The van der Waals surface area contributed by atoms with E-state index in [4.69, 9.17) is 9.52 Å². The molecule has 0 saturated heterocycles. The highest BCUT2D eigenvalue weighted by molar-refractivity contribution is 6.04. The topological polar surface area (TPSA) is 92.4 Å². The van der Waals surface area contributed by atoms with Crippen LogP contribution in [0, 0.1) is 11.6 Å². The summed E-state index contributed by atoms with van der Waals surface area (Å²) in [5.74, 6) is -3.97. The van der Waals surface area contributed by atoms with Gasteiger partial charge < -0.3 is 14.8 Å². The lowest BCUT2D eigenvalue weighted by molar-refractivity contribution is -0.137. The highest BCUT2D eigenvalue weighted by Gasteiger charge is 2.26. The fraction of sp³-hybridized carbons (Fsp3) is 0.118. The van der Waals surface area contributed by atoms with Gasteiger partial charge in [-0.1, -0.05) is 6.07 Å². The number of pyridine rings is 1. The minimum absolute atomic E-state index is 0.0293. The number of aromatic nitrogens is 1. The maximum Gasteiger partial charge on any atom is 0.305 e. The van der Waals surface area contributed by atoms with Crippen LogP contribution >= 0.6 is 0 Å². The molecule has 2 N–H and O–H groups in total. The second-order valence-corrected chi connectivity index (χ2v) is 5.25. The molecule has 6 nitrogen and oxygen atoms in total. The van der Waals surface area contributed by atoms with E-state index in [0.717, 1.165) is 18.2 Å². The van der Waals surface area contributed by atoms with Crippen LogP contribution < -0.4 is 5.32 Å². The molecule has 2 aromatic heterocycles. The lowest BCUT2D eigenvalue weighted by Crippen LogP contribution is -2.32. The summed E-state index contributed by atoms with van der Waals surface area (Å²) in [6.07, 6.45) is 2.02. The third-order valence-electron chi connectivity index (χ3n) is 3.63. The molecule has 0 aliphatic heterocycles. The van der Waals surface area contributed by atoms with Crippen molar-refractivity contribution >= 4 is 22.8 Å². The van der Waals surface area contributed by atoms with Crippen LogP contribution in [0.5, 0.6) is 0 Å². The van der Waals surface area contributed by atoms with Crippen molar-refractivity contribution in [3.63, 3.8) is 0 Å². The van der Waals surface area contributed by atoms with E-state index in [1.807, 2.05) is 0 Å². The number of carboxylic acids is 1. The van der Waals surface area contributed by atoms with Crippen molar-refractivity contribution in [2.24, 2.45) is 0 Å². The monoisotopic (exact) mass is 346 g/mol. The molecule has 3 aromatic rings. The van der Waals surface area contributed by atoms with Crippen molar-refractivity contribution < 1.29 is 27.9 Å². The molecule has 1 aromatic carbocycles. The van der Waals surface area contributed by atoms with Crippen molar-refractivity contribution in [3.8, 4) is 0 Å². The van der Waals surface area contributed by atoms with E-state index in [9.17, 15) is 18.4 Å². The number of hydrogen-bond donors (Lipinski definition) is 2. The highest BCUT2D eigenvalue weighted by Crippen LogP contribution is 2.25. The second-order valence-electron chi connectivity index (χ2n) is 5.25. The Bertz CT molecular complexity index is 934. The second kappa shape index (κ2) is 6.68. The first-order valence-electron chi connectivity index (χ1n) is 7.26. The van der Waals surface area contributed by atoms with Crippen LogP contribution in [0.1, 0.15) is 28.5 Å². The molecule has 0 radical (unpaired) electrons. The van der Waals surface area contributed by atoms with Crippen molar-refractivity contribution in [1.82, 2.24) is 10.3 Å². The van der Waals surface area contributed by atoms with E-state index in [-0.39, 0.29) is 5.69 Å². The van der Waals surface area contributed by atoms with Crippen LogP contribution in [0.15, 0.2) is 47.2 Å².